The molecule has 1 saturated carbocycles. The Morgan fingerprint density at radius 1 is 1.44 bits per heavy atom. The Hall–Kier alpha value is -0.900. The number of aryl methyl sites for hydroxylation is 1. The molecule has 4 heteroatoms. The third-order valence-corrected chi connectivity index (χ3v) is 4.01. The van der Waals surface area contributed by atoms with Crippen molar-refractivity contribution in [3.8, 4) is 0 Å². The normalized spacial score (nSPS) is 23.0. The van der Waals surface area contributed by atoms with E-state index in [0.717, 1.165) is 25.4 Å². The van der Waals surface area contributed by atoms with Crippen molar-refractivity contribution in [3.05, 3.63) is 11.9 Å². The molecular weight excluding hydrogens is 224 g/mol. The van der Waals surface area contributed by atoms with Gasteiger partial charge >= 0.3 is 0 Å². The summed E-state index contributed by atoms with van der Waals surface area (Å²) in [5.74, 6) is 0.721. The molecule has 0 amide bonds. The molecule has 1 heterocycles. The van der Waals surface area contributed by atoms with Gasteiger partial charge in [0.2, 0.25) is 0 Å². The van der Waals surface area contributed by atoms with Gasteiger partial charge in [0.1, 0.15) is 0 Å². The van der Waals surface area contributed by atoms with Gasteiger partial charge in [-0.3, -0.25) is 0 Å². The first kappa shape index (κ1) is 13.5. The lowest BCUT2D eigenvalue weighted by Crippen LogP contribution is -2.28. The fourth-order valence-electron chi connectivity index (χ4n) is 2.72. The molecule has 102 valence electrons. The van der Waals surface area contributed by atoms with Gasteiger partial charge in [0, 0.05) is 6.54 Å². The minimum atomic E-state index is 0.418. The Bertz CT molecular complexity index is 383. The maximum Gasteiger partial charge on any atom is 0.0759 e. The smallest absolute Gasteiger partial charge is 0.0759 e. The molecule has 4 nitrogen and oxygen atoms in total. The van der Waals surface area contributed by atoms with Crippen molar-refractivity contribution in [2.45, 2.75) is 59.5 Å². The second kappa shape index (κ2) is 5.39. The van der Waals surface area contributed by atoms with E-state index in [9.17, 15) is 0 Å². The van der Waals surface area contributed by atoms with Crippen molar-refractivity contribution >= 4 is 0 Å². The summed E-state index contributed by atoms with van der Waals surface area (Å²) in [7, 11) is 0. The monoisotopic (exact) mass is 250 g/mol. The van der Waals surface area contributed by atoms with E-state index in [4.69, 9.17) is 0 Å². The highest BCUT2D eigenvalue weighted by atomic mass is 15.4. The number of hydrogen-bond donors (Lipinski definition) is 1. The van der Waals surface area contributed by atoms with Gasteiger partial charge in [-0.2, -0.15) is 0 Å². The molecule has 0 radical (unpaired) electrons. The molecule has 0 bridgehead atoms. The maximum atomic E-state index is 4.22. The lowest BCUT2D eigenvalue weighted by Gasteiger charge is -2.20. The number of hydrogen-bond acceptors (Lipinski definition) is 3. The van der Waals surface area contributed by atoms with E-state index in [1.807, 2.05) is 6.20 Å². The molecule has 1 aromatic rings. The van der Waals surface area contributed by atoms with Crippen LogP contribution in [0.2, 0.25) is 0 Å². The summed E-state index contributed by atoms with van der Waals surface area (Å²) in [6.45, 7) is 11.1. The van der Waals surface area contributed by atoms with Crippen LogP contribution < -0.4 is 5.32 Å². The number of nitrogens with one attached hydrogen (secondary N) is 1. The second-order valence-electron chi connectivity index (χ2n) is 6.11. The van der Waals surface area contributed by atoms with Crippen LogP contribution in [0.25, 0.3) is 0 Å². The van der Waals surface area contributed by atoms with E-state index in [-0.39, 0.29) is 0 Å². The van der Waals surface area contributed by atoms with E-state index in [1.54, 1.807) is 0 Å². The fraction of sp³-hybridized carbons (Fsp3) is 0.857. The van der Waals surface area contributed by atoms with Crippen LogP contribution >= 0.6 is 0 Å². The molecule has 0 aliphatic heterocycles. The van der Waals surface area contributed by atoms with Crippen LogP contribution in [0.3, 0.4) is 0 Å². The van der Waals surface area contributed by atoms with Crippen molar-refractivity contribution in [1.82, 2.24) is 20.3 Å². The molecule has 0 aromatic carbocycles. The van der Waals surface area contributed by atoms with Gasteiger partial charge < -0.3 is 5.32 Å². The predicted molar refractivity (Wildman–Crippen MR) is 73.2 cm³/mol. The third kappa shape index (κ3) is 2.74. The Labute approximate surface area is 110 Å². The van der Waals surface area contributed by atoms with E-state index in [0.29, 0.717) is 11.5 Å². The third-order valence-electron chi connectivity index (χ3n) is 4.01. The summed E-state index contributed by atoms with van der Waals surface area (Å²) in [5, 5.41) is 12.0. The van der Waals surface area contributed by atoms with Crippen LogP contribution in [0.15, 0.2) is 6.20 Å². The van der Waals surface area contributed by atoms with Gasteiger partial charge in [-0.25, -0.2) is 4.68 Å². The van der Waals surface area contributed by atoms with Gasteiger partial charge in [-0.05, 0) is 37.1 Å². The average Bonchev–Trinajstić information content (AvgIpc) is 2.75. The Kier molecular flexibility index (Phi) is 4.05. The van der Waals surface area contributed by atoms with E-state index in [2.05, 4.69) is 48.0 Å². The fourth-order valence-corrected chi connectivity index (χ4v) is 2.72. The van der Waals surface area contributed by atoms with Crippen LogP contribution in [0.1, 0.15) is 58.7 Å². The van der Waals surface area contributed by atoms with Crippen molar-refractivity contribution in [2.24, 2.45) is 11.3 Å². The minimum absolute atomic E-state index is 0.418. The quantitative estimate of drug-likeness (QED) is 0.809. The van der Waals surface area contributed by atoms with Gasteiger partial charge in [-0.1, -0.05) is 32.9 Å². The topological polar surface area (TPSA) is 42.7 Å². The molecule has 1 aromatic heterocycles. The molecule has 2 rings (SSSR count). The predicted octanol–water partition coefficient (Wildman–Crippen LogP) is 2.77. The highest BCUT2D eigenvalue weighted by Crippen LogP contribution is 2.57. The van der Waals surface area contributed by atoms with Crippen LogP contribution in [0.4, 0.5) is 0 Å². The molecule has 1 aliphatic rings. The molecule has 1 aliphatic carbocycles. The zero-order valence-corrected chi connectivity index (χ0v) is 12.1. The van der Waals surface area contributed by atoms with Crippen LogP contribution in [-0.2, 0) is 6.54 Å². The van der Waals surface area contributed by atoms with E-state index < -0.39 is 0 Å². The maximum absolute atomic E-state index is 4.22. The van der Waals surface area contributed by atoms with Crippen molar-refractivity contribution in [1.29, 1.82) is 0 Å². The zero-order valence-electron chi connectivity index (χ0n) is 12.1. The first-order chi connectivity index (χ1) is 8.60. The van der Waals surface area contributed by atoms with Gasteiger partial charge in [-0.15, -0.1) is 5.10 Å². The first-order valence-corrected chi connectivity index (χ1v) is 7.22. The highest BCUT2D eigenvalue weighted by Gasteiger charge is 2.51. The van der Waals surface area contributed by atoms with E-state index >= 15 is 0 Å². The molecule has 0 spiro atoms. The van der Waals surface area contributed by atoms with Crippen molar-refractivity contribution in [3.63, 3.8) is 0 Å². The van der Waals surface area contributed by atoms with Gasteiger partial charge in [0.25, 0.3) is 0 Å². The summed E-state index contributed by atoms with van der Waals surface area (Å²) >= 11 is 0. The molecule has 1 N–H and O–H groups in total. The second-order valence-corrected chi connectivity index (χ2v) is 6.11. The molecule has 1 fully saturated rings. The molecule has 18 heavy (non-hydrogen) atoms. The van der Waals surface area contributed by atoms with Crippen molar-refractivity contribution in [2.75, 3.05) is 6.54 Å². The number of nitrogens with zero attached hydrogens (tertiary/aromatic N) is 3. The lowest BCUT2D eigenvalue weighted by atomic mass is 10.0. The summed E-state index contributed by atoms with van der Waals surface area (Å²) in [6.07, 6.45) is 5.51. The van der Waals surface area contributed by atoms with Crippen molar-refractivity contribution < 1.29 is 0 Å². The summed E-state index contributed by atoms with van der Waals surface area (Å²) in [5.41, 5.74) is 1.73. The van der Waals surface area contributed by atoms with E-state index in [1.165, 1.54) is 18.5 Å². The van der Waals surface area contributed by atoms with Gasteiger partial charge in [0.15, 0.2) is 0 Å². The largest absolute Gasteiger partial charge is 0.308 e. The first-order valence-electron chi connectivity index (χ1n) is 7.22. The Balaban J connectivity index is 2.15. The Morgan fingerprint density at radius 3 is 2.72 bits per heavy atom. The average molecular weight is 250 g/mol. The number of aromatic nitrogens is 3. The zero-order chi connectivity index (χ0) is 13.2. The molecular formula is C14H26N4. The number of rotatable bonds is 7. The standard InChI is InChI=1S/C14H26N4/c1-5-7-15-13(11-9-14(11,3)4)12-10-16-17-18(12)8-6-2/h10-11,13,15H,5-9H2,1-4H3. The molecule has 0 saturated heterocycles. The van der Waals surface area contributed by atoms with Gasteiger partial charge in [0.05, 0.1) is 17.9 Å². The van der Waals surface area contributed by atoms with Crippen LogP contribution in [0, 0.1) is 11.3 Å². The summed E-state index contributed by atoms with van der Waals surface area (Å²) in [6, 6.07) is 0.418. The summed E-state index contributed by atoms with van der Waals surface area (Å²) < 4.78 is 2.07. The molecule has 2 atom stereocenters. The SMILES string of the molecule is CCCNC(c1cnnn1CCC)C1CC1(C)C. The highest BCUT2D eigenvalue weighted by molar-refractivity contribution is 5.13. The minimum Gasteiger partial charge on any atom is -0.308 e. The van der Waals surface area contributed by atoms with Crippen LogP contribution in [0.5, 0.6) is 0 Å². The molecule has 2 unspecified atom stereocenters. The summed E-state index contributed by atoms with van der Waals surface area (Å²) in [4.78, 5) is 0. The lowest BCUT2D eigenvalue weighted by molar-refractivity contribution is 0.387. The van der Waals surface area contributed by atoms with Crippen LogP contribution in [-0.4, -0.2) is 21.5 Å². The Morgan fingerprint density at radius 2 is 2.17 bits per heavy atom.